The minimum Gasteiger partial charge on any atom is -0.408 e. The van der Waals surface area contributed by atoms with Crippen LogP contribution in [0.15, 0.2) is 27.4 Å². The van der Waals surface area contributed by atoms with Crippen LogP contribution >= 0.6 is 15.9 Å². The zero-order valence-corrected chi connectivity index (χ0v) is 11.8. The van der Waals surface area contributed by atoms with Crippen LogP contribution in [0.5, 0.6) is 0 Å². The molecule has 1 aromatic heterocycles. The lowest BCUT2D eigenvalue weighted by Gasteiger charge is -2.16. The van der Waals surface area contributed by atoms with Crippen molar-refractivity contribution in [3.05, 3.63) is 34.3 Å². The van der Waals surface area contributed by atoms with Gasteiger partial charge in [-0.1, -0.05) is 42.3 Å². The summed E-state index contributed by atoms with van der Waals surface area (Å²) in [5, 5.41) is 0. The van der Waals surface area contributed by atoms with Crippen LogP contribution in [0.25, 0.3) is 11.1 Å². The molecule has 4 heteroatoms. The van der Waals surface area contributed by atoms with Gasteiger partial charge in [0.1, 0.15) is 0 Å². The minimum absolute atomic E-state index is 0.294. The largest absolute Gasteiger partial charge is 0.419 e. The van der Waals surface area contributed by atoms with E-state index >= 15 is 0 Å². The molecular formula is C13H16BrNO2. The number of hydrogen-bond donors (Lipinski definition) is 0. The maximum atomic E-state index is 11.4. The molecule has 0 aliphatic carbocycles. The van der Waals surface area contributed by atoms with Crippen molar-refractivity contribution in [1.82, 2.24) is 4.57 Å². The van der Waals surface area contributed by atoms with E-state index in [9.17, 15) is 4.79 Å². The second kappa shape index (κ2) is 4.69. The van der Waals surface area contributed by atoms with Gasteiger partial charge in [-0.2, -0.15) is 0 Å². The van der Waals surface area contributed by atoms with Gasteiger partial charge < -0.3 is 4.42 Å². The molecule has 2 rings (SSSR count). The normalized spacial score (nSPS) is 15.1. The van der Waals surface area contributed by atoms with Gasteiger partial charge in [0.25, 0.3) is 0 Å². The van der Waals surface area contributed by atoms with Crippen molar-refractivity contribution in [2.75, 3.05) is 0 Å². The number of alkyl halides is 1. The lowest BCUT2D eigenvalue weighted by Crippen LogP contribution is -2.08. The van der Waals surface area contributed by atoms with E-state index < -0.39 is 0 Å². The molecule has 1 heterocycles. The molecule has 2 aromatic rings. The highest BCUT2D eigenvalue weighted by atomic mass is 79.9. The highest BCUT2D eigenvalue weighted by molar-refractivity contribution is 9.09. The molecule has 0 N–H and O–H groups in total. The first-order valence-corrected chi connectivity index (χ1v) is 6.69. The Morgan fingerprint density at radius 1 is 1.47 bits per heavy atom. The summed E-state index contributed by atoms with van der Waals surface area (Å²) in [5.41, 5.74) is 2.64. The van der Waals surface area contributed by atoms with Gasteiger partial charge in [0, 0.05) is 11.9 Å². The maximum Gasteiger partial charge on any atom is 0.419 e. The van der Waals surface area contributed by atoms with E-state index in [2.05, 4.69) is 29.8 Å². The van der Waals surface area contributed by atoms with Crippen molar-refractivity contribution < 1.29 is 4.42 Å². The summed E-state index contributed by atoms with van der Waals surface area (Å²) in [5.74, 6) is 0.231. The lowest BCUT2D eigenvalue weighted by molar-refractivity contribution is 0.526. The van der Waals surface area contributed by atoms with Crippen LogP contribution in [0.1, 0.15) is 30.7 Å². The molecule has 3 nitrogen and oxygen atoms in total. The Kier molecular flexibility index (Phi) is 3.43. The molecule has 0 bridgehead atoms. The molecule has 0 aliphatic heterocycles. The van der Waals surface area contributed by atoms with E-state index in [0.29, 0.717) is 16.3 Å². The number of nitrogens with zero attached hydrogens (tertiary/aromatic N) is 1. The Bertz CT molecular complexity index is 585. The van der Waals surface area contributed by atoms with Crippen LogP contribution in [0, 0.1) is 5.92 Å². The lowest BCUT2D eigenvalue weighted by atomic mass is 9.98. The molecule has 1 aromatic carbocycles. The number of rotatable bonds is 3. The van der Waals surface area contributed by atoms with Gasteiger partial charge in [-0.25, -0.2) is 4.79 Å². The van der Waals surface area contributed by atoms with Crippen LogP contribution in [-0.2, 0) is 7.05 Å². The summed E-state index contributed by atoms with van der Waals surface area (Å²) in [4.78, 5) is 11.7. The van der Waals surface area contributed by atoms with Crippen LogP contribution in [0.2, 0.25) is 0 Å². The van der Waals surface area contributed by atoms with Crippen molar-refractivity contribution in [2.45, 2.75) is 25.1 Å². The van der Waals surface area contributed by atoms with E-state index in [0.717, 1.165) is 17.5 Å². The number of oxazole rings is 1. The minimum atomic E-state index is -0.313. The predicted molar refractivity (Wildman–Crippen MR) is 72.6 cm³/mol. The molecule has 2 unspecified atom stereocenters. The zero-order chi connectivity index (χ0) is 12.6. The molecule has 2 atom stereocenters. The topological polar surface area (TPSA) is 35.1 Å². The standard InChI is InChI=1S/C13H16BrNO2/c1-4-8(2)12(14)9-5-6-10-11(7-9)17-13(16)15(10)3/h5-8,12H,4H2,1-3H3. The van der Waals surface area contributed by atoms with Gasteiger partial charge in [-0.05, 0) is 23.6 Å². The fourth-order valence-corrected chi connectivity index (χ4v) is 2.52. The Labute approximate surface area is 109 Å². The van der Waals surface area contributed by atoms with E-state index in [4.69, 9.17) is 4.42 Å². The molecular weight excluding hydrogens is 282 g/mol. The summed E-state index contributed by atoms with van der Waals surface area (Å²) in [6.07, 6.45) is 1.10. The summed E-state index contributed by atoms with van der Waals surface area (Å²) in [6.45, 7) is 4.37. The number of fused-ring (bicyclic) bond motifs is 1. The first-order valence-electron chi connectivity index (χ1n) is 5.78. The monoisotopic (exact) mass is 297 g/mol. The molecule has 0 fully saturated rings. The molecule has 92 valence electrons. The second-order valence-electron chi connectivity index (χ2n) is 4.44. The summed E-state index contributed by atoms with van der Waals surface area (Å²) >= 11 is 3.70. The molecule has 0 saturated heterocycles. The first-order chi connectivity index (χ1) is 8.04. The Morgan fingerprint density at radius 3 is 2.82 bits per heavy atom. The fourth-order valence-electron chi connectivity index (χ4n) is 1.86. The van der Waals surface area contributed by atoms with Crippen molar-refractivity contribution in [3.8, 4) is 0 Å². The van der Waals surface area contributed by atoms with Crippen LogP contribution in [0.4, 0.5) is 0 Å². The Morgan fingerprint density at radius 2 is 2.18 bits per heavy atom. The van der Waals surface area contributed by atoms with Crippen molar-refractivity contribution in [3.63, 3.8) is 0 Å². The van der Waals surface area contributed by atoms with Crippen LogP contribution in [0.3, 0.4) is 0 Å². The maximum absolute atomic E-state index is 11.4. The predicted octanol–water partition coefficient (Wildman–Crippen LogP) is 3.61. The van der Waals surface area contributed by atoms with Crippen LogP contribution < -0.4 is 5.76 Å². The highest BCUT2D eigenvalue weighted by Crippen LogP contribution is 2.33. The zero-order valence-electron chi connectivity index (χ0n) is 10.2. The number of halogens is 1. The summed E-state index contributed by atoms with van der Waals surface area (Å²) in [7, 11) is 1.72. The van der Waals surface area contributed by atoms with Gasteiger partial charge in [0.15, 0.2) is 5.58 Å². The number of aryl methyl sites for hydroxylation is 1. The van der Waals surface area contributed by atoms with Crippen molar-refractivity contribution in [1.29, 1.82) is 0 Å². The second-order valence-corrected chi connectivity index (χ2v) is 5.43. The quantitative estimate of drug-likeness (QED) is 0.811. The number of benzene rings is 1. The molecule has 0 aliphatic rings. The first kappa shape index (κ1) is 12.4. The average Bonchev–Trinajstić information content (AvgIpc) is 2.62. The molecule has 17 heavy (non-hydrogen) atoms. The third kappa shape index (κ3) is 2.18. The average molecular weight is 298 g/mol. The molecule has 0 amide bonds. The van der Waals surface area contributed by atoms with E-state index in [-0.39, 0.29) is 5.76 Å². The molecule has 0 saturated carbocycles. The molecule has 0 spiro atoms. The summed E-state index contributed by atoms with van der Waals surface area (Å²) in [6, 6.07) is 5.93. The smallest absolute Gasteiger partial charge is 0.408 e. The SMILES string of the molecule is CCC(C)C(Br)c1ccc2c(c1)oc(=O)n2C. The van der Waals surface area contributed by atoms with Gasteiger partial charge in [0.2, 0.25) is 0 Å². The number of hydrogen-bond acceptors (Lipinski definition) is 2. The number of aromatic nitrogens is 1. The van der Waals surface area contributed by atoms with Crippen LogP contribution in [-0.4, -0.2) is 4.57 Å². The van der Waals surface area contributed by atoms with E-state index in [1.54, 1.807) is 7.05 Å². The van der Waals surface area contributed by atoms with E-state index in [1.807, 2.05) is 18.2 Å². The van der Waals surface area contributed by atoms with Gasteiger partial charge in [-0.3, -0.25) is 4.57 Å². The van der Waals surface area contributed by atoms with Gasteiger partial charge >= 0.3 is 5.76 Å². The third-order valence-electron chi connectivity index (χ3n) is 3.28. The van der Waals surface area contributed by atoms with Gasteiger partial charge in [-0.15, -0.1) is 0 Å². The molecule has 0 radical (unpaired) electrons. The van der Waals surface area contributed by atoms with Gasteiger partial charge in [0.05, 0.1) is 5.52 Å². The Balaban J connectivity index is 2.48. The van der Waals surface area contributed by atoms with Crippen molar-refractivity contribution >= 4 is 27.0 Å². The van der Waals surface area contributed by atoms with E-state index in [1.165, 1.54) is 4.57 Å². The third-order valence-corrected chi connectivity index (χ3v) is 4.71. The van der Waals surface area contributed by atoms with Crippen molar-refractivity contribution in [2.24, 2.45) is 13.0 Å². The Hall–Kier alpha value is -1.03. The fraction of sp³-hybridized carbons (Fsp3) is 0.462. The summed E-state index contributed by atoms with van der Waals surface area (Å²) < 4.78 is 6.71. The highest BCUT2D eigenvalue weighted by Gasteiger charge is 2.16.